The monoisotopic (exact) mass is 297 g/mol. The summed E-state index contributed by atoms with van der Waals surface area (Å²) in [4.78, 5) is 24.0. The molecule has 0 unspecified atom stereocenters. The summed E-state index contributed by atoms with van der Waals surface area (Å²) in [6.45, 7) is 0. The van der Waals surface area contributed by atoms with E-state index in [-0.39, 0.29) is 17.1 Å². The van der Waals surface area contributed by atoms with Crippen LogP contribution >= 0.6 is 0 Å². The summed E-state index contributed by atoms with van der Waals surface area (Å²) < 4.78 is 0. The van der Waals surface area contributed by atoms with Gasteiger partial charge in [-0.15, -0.1) is 0 Å². The van der Waals surface area contributed by atoms with E-state index in [0.717, 1.165) is 18.2 Å². The quantitative estimate of drug-likeness (QED) is 0.882. The molecule has 4 heteroatoms. The number of ketones is 1. The van der Waals surface area contributed by atoms with E-state index in [2.05, 4.69) is 0 Å². The van der Waals surface area contributed by atoms with Crippen molar-refractivity contribution in [1.29, 1.82) is 0 Å². The van der Waals surface area contributed by atoms with Crippen LogP contribution in [0.2, 0.25) is 0 Å². The highest BCUT2D eigenvalue weighted by molar-refractivity contribution is 6.06. The second-order valence-corrected chi connectivity index (χ2v) is 5.86. The largest absolute Gasteiger partial charge is 0.550 e. The third-order valence-corrected chi connectivity index (χ3v) is 4.57. The fourth-order valence-electron chi connectivity index (χ4n) is 3.38. The molecule has 22 heavy (non-hydrogen) atoms. The van der Waals surface area contributed by atoms with Gasteiger partial charge in [-0.3, -0.25) is 4.79 Å². The topological polar surface area (TPSA) is 77.4 Å². The van der Waals surface area contributed by atoms with Gasteiger partial charge in [-0.05, 0) is 24.3 Å². The van der Waals surface area contributed by atoms with Crippen LogP contribution in [0.4, 0.5) is 0 Å². The number of carboxylic acid groups (broad SMARTS) is 1. The highest BCUT2D eigenvalue weighted by Crippen LogP contribution is 2.36. The second-order valence-electron chi connectivity index (χ2n) is 5.86. The maximum Gasteiger partial charge on any atom is 0.170 e. The number of hydrogen-bond acceptors (Lipinski definition) is 4. The lowest BCUT2D eigenvalue weighted by Gasteiger charge is -2.31. The van der Waals surface area contributed by atoms with Crippen molar-refractivity contribution < 1.29 is 19.8 Å². The molecule has 1 aliphatic rings. The zero-order chi connectivity index (χ0) is 15.7. The van der Waals surface area contributed by atoms with Crippen molar-refractivity contribution in [3.8, 4) is 5.75 Å². The first kappa shape index (κ1) is 14.6. The van der Waals surface area contributed by atoms with Crippen molar-refractivity contribution in [1.82, 2.24) is 0 Å². The molecule has 1 aliphatic carbocycles. The maximum absolute atomic E-state index is 12.7. The standard InChI is InChI=1S/C18H18O4/c19-16-12-6-2-1-5-11(12)9-10-15(16)17(20)13-7-3-4-8-14(13)18(21)22/h1-2,5-6,9-10,13-14,19H,3-4,7-8H2,(H,21,22)/p-1/t13-,14-/m1/s1. The zero-order valence-corrected chi connectivity index (χ0v) is 12.1. The number of aliphatic carboxylic acids is 1. The molecule has 4 nitrogen and oxygen atoms in total. The molecule has 2 aromatic rings. The smallest absolute Gasteiger partial charge is 0.170 e. The van der Waals surface area contributed by atoms with Gasteiger partial charge in [0.25, 0.3) is 0 Å². The molecule has 1 N–H and O–H groups in total. The van der Waals surface area contributed by atoms with Gasteiger partial charge < -0.3 is 15.0 Å². The summed E-state index contributed by atoms with van der Waals surface area (Å²) in [6, 6.07) is 10.6. The molecule has 114 valence electrons. The van der Waals surface area contributed by atoms with Gasteiger partial charge in [0.1, 0.15) is 5.75 Å². The van der Waals surface area contributed by atoms with Gasteiger partial charge in [0.2, 0.25) is 0 Å². The molecule has 0 radical (unpaired) electrons. The lowest BCUT2D eigenvalue weighted by atomic mass is 9.75. The number of hydrogen-bond donors (Lipinski definition) is 1. The van der Waals surface area contributed by atoms with Gasteiger partial charge in [0.15, 0.2) is 5.78 Å². The summed E-state index contributed by atoms with van der Waals surface area (Å²) in [5.74, 6) is -2.89. The van der Waals surface area contributed by atoms with E-state index in [1.165, 1.54) is 0 Å². The number of benzene rings is 2. The van der Waals surface area contributed by atoms with Crippen LogP contribution in [-0.4, -0.2) is 16.9 Å². The van der Waals surface area contributed by atoms with E-state index in [1.54, 1.807) is 24.3 Å². The molecule has 0 bridgehead atoms. The molecule has 1 saturated carbocycles. The van der Waals surface area contributed by atoms with Crippen LogP contribution in [0.5, 0.6) is 5.75 Å². The van der Waals surface area contributed by atoms with Gasteiger partial charge in [-0.1, -0.05) is 43.2 Å². The zero-order valence-electron chi connectivity index (χ0n) is 12.1. The minimum Gasteiger partial charge on any atom is -0.550 e. The summed E-state index contributed by atoms with van der Waals surface area (Å²) in [5, 5.41) is 23.1. The number of aromatic hydroxyl groups is 1. The van der Waals surface area contributed by atoms with E-state index < -0.39 is 17.8 Å². The second kappa shape index (κ2) is 5.79. The number of phenolic OH excluding ortho intramolecular Hbond substituents is 1. The van der Waals surface area contributed by atoms with E-state index >= 15 is 0 Å². The Bertz CT molecular complexity index is 735. The number of fused-ring (bicyclic) bond motifs is 1. The van der Waals surface area contributed by atoms with Crippen LogP contribution in [-0.2, 0) is 4.79 Å². The Hall–Kier alpha value is -2.36. The number of carbonyl (C=O) groups excluding carboxylic acids is 2. The van der Waals surface area contributed by atoms with Crippen molar-refractivity contribution >= 4 is 22.5 Å². The van der Waals surface area contributed by atoms with Crippen molar-refractivity contribution in [2.75, 3.05) is 0 Å². The van der Waals surface area contributed by atoms with E-state index in [1.807, 2.05) is 12.1 Å². The predicted molar refractivity (Wildman–Crippen MR) is 80.4 cm³/mol. The Morgan fingerprint density at radius 1 is 1.00 bits per heavy atom. The van der Waals surface area contributed by atoms with Crippen molar-refractivity contribution in [3.63, 3.8) is 0 Å². The van der Waals surface area contributed by atoms with Gasteiger partial charge in [-0.2, -0.15) is 0 Å². The minimum absolute atomic E-state index is 0.0641. The fourth-order valence-corrected chi connectivity index (χ4v) is 3.38. The van der Waals surface area contributed by atoms with Crippen molar-refractivity contribution in [2.24, 2.45) is 11.8 Å². The Labute approximate surface area is 128 Å². The van der Waals surface area contributed by atoms with Crippen LogP contribution < -0.4 is 5.11 Å². The molecule has 3 rings (SSSR count). The van der Waals surface area contributed by atoms with Crippen LogP contribution in [0.15, 0.2) is 36.4 Å². The van der Waals surface area contributed by atoms with Gasteiger partial charge in [0, 0.05) is 23.2 Å². The summed E-state index contributed by atoms with van der Waals surface area (Å²) >= 11 is 0. The number of phenols is 1. The first-order valence-electron chi connectivity index (χ1n) is 7.55. The molecular formula is C18H17O4-. The Kier molecular flexibility index (Phi) is 3.84. The fraction of sp³-hybridized carbons (Fsp3) is 0.333. The first-order chi connectivity index (χ1) is 10.6. The molecule has 0 heterocycles. The molecule has 1 fully saturated rings. The maximum atomic E-state index is 12.7. The minimum atomic E-state index is -1.17. The van der Waals surface area contributed by atoms with Crippen LogP contribution in [0.25, 0.3) is 10.8 Å². The number of rotatable bonds is 3. The number of carboxylic acids is 1. The highest BCUT2D eigenvalue weighted by atomic mass is 16.4. The van der Waals surface area contributed by atoms with Crippen LogP contribution in [0.3, 0.4) is 0 Å². The summed E-state index contributed by atoms with van der Waals surface area (Å²) in [6.07, 6.45) is 2.62. The lowest BCUT2D eigenvalue weighted by molar-refractivity contribution is -0.313. The molecule has 0 spiro atoms. The SMILES string of the molecule is O=C([O-])[C@@H]1CCCC[C@H]1C(=O)c1ccc2ccccc2c1O. The first-order valence-corrected chi connectivity index (χ1v) is 7.55. The van der Waals surface area contributed by atoms with Gasteiger partial charge >= 0.3 is 0 Å². The van der Waals surface area contributed by atoms with Gasteiger partial charge in [0.05, 0.1) is 5.56 Å². The average Bonchev–Trinajstić information content (AvgIpc) is 2.55. The lowest BCUT2D eigenvalue weighted by Crippen LogP contribution is -2.40. The molecule has 0 aromatic heterocycles. The molecule has 0 saturated heterocycles. The number of Topliss-reactive ketones (excluding diaryl/α,β-unsaturated/α-hetero) is 1. The molecule has 2 aromatic carbocycles. The van der Waals surface area contributed by atoms with E-state index in [9.17, 15) is 19.8 Å². The van der Waals surface area contributed by atoms with Crippen molar-refractivity contribution in [2.45, 2.75) is 25.7 Å². The Balaban J connectivity index is 2.01. The molecule has 0 aliphatic heterocycles. The van der Waals surface area contributed by atoms with Gasteiger partial charge in [-0.25, -0.2) is 0 Å². The molecular weight excluding hydrogens is 280 g/mol. The predicted octanol–water partition coefficient (Wildman–Crippen LogP) is 2.28. The van der Waals surface area contributed by atoms with Crippen LogP contribution in [0, 0.1) is 11.8 Å². The van der Waals surface area contributed by atoms with E-state index in [4.69, 9.17) is 0 Å². The Morgan fingerprint density at radius 2 is 1.68 bits per heavy atom. The summed E-state index contributed by atoms with van der Waals surface area (Å²) in [5.41, 5.74) is 0.205. The third kappa shape index (κ3) is 2.45. The third-order valence-electron chi connectivity index (χ3n) is 4.57. The van der Waals surface area contributed by atoms with Crippen molar-refractivity contribution in [3.05, 3.63) is 42.0 Å². The molecule has 0 amide bonds. The highest BCUT2D eigenvalue weighted by Gasteiger charge is 2.33. The summed E-state index contributed by atoms with van der Waals surface area (Å²) in [7, 11) is 0. The normalized spacial score (nSPS) is 21.6. The molecule has 2 atom stereocenters. The average molecular weight is 297 g/mol. The van der Waals surface area contributed by atoms with E-state index in [0.29, 0.717) is 18.2 Å². The van der Waals surface area contributed by atoms with Crippen LogP contribution in [0.1, 0.15) is 36.0 Å². The Morgan fingerprint density at radius 3 is 2.41 bits per heavy atom. The number of carbonyl (C=O) groups is 2.